The number of methoxy groups -OCH3 is 1. The number of hydrogen-bond donors (Lipinski definition) is 2. The van der Waals surface area contributed by atoms with Gasteiger partial charge in [0.25, 0.3) is 11.5 Å². The first-order chi connectivity index (χ1) is 15.4. The van der Waals surface area contributed by atoms with Crippen LogP contribution in [0.1, 0.15) is 23.7 Å². The van der Waals surface area contributed by atoms with Crippen LogP contribution in [0.4, 0.5) is 11.5 Å². The molecule has 0 aliphatic heterocycles. The van der Waals surface area contributed by atoms with Crippen molar-refractivity contribution in [1.29, 1.82) is 0 Å². The van der Waals surface area contributed by atoms with Crippen molar-refractivity contribution in [3.63, 3.8) is 0 Å². The number of nitrogen functional groups attached to an aromatic ring is 1. The summed E-state index contributed by atoms with van der Waals surface area (Å²) in [7, 11) is 1.50. The standard InChI is InChI=1S/C21H26N6O4S/c1-4-9-27-17(22)16(18(28)24-20(27)30)26(11-12-31-2)19(29)14-6-5-7-15(13-14)25-10-8-23-21(25)32-3/h5-8,10,13H,4,9,11-12,22H2,1-3H3,(H,24,28,30). The lowest BCUT2D eigenvalue weighted by Crippen LogP contribution is -2.42. The summed E-state index contributed by atoms with van der Waals surface area (Å²) in [5.41, 5.74) is 5.90. The molecule has 0 bridgehead atoms. The SMILES string of the molecule is CCCn1c(N)c(N(CCOC)C(=O)c2cccc(-n3ccnc3SC)c2)c(=O)[nH]c1=O. The van der Waals surface area contributed by atoms with Gasteiger partial charge < -0.3 is 10.5 Å². The number of benzene rings is 1. The highest BCUT2D eigenvalue weighted by atomic mass is 32.2. The lowest BCUT2D eigenvalue weighted by Gasteiger charge is -2.24. The van der Waals surface area contributed by atoms with Gasteiger partial charge in [0.15, 0.2) is 10.8 Å². The van der Waals surface area contributed by atoms with E-state index in [2.05, 4.69) is 9.97 Å². The number of aromatic nitrogens is 4. The van der Waals surface area contributed by atoms with E-state index in [1.54, 1.807) is 30.6 Å². The van der Waals surface area contributed by atoms with Gasteiger partial charge in [-0.15, -0.1) is 0 Å². The molecule has 3 N–H and O–H groups in total. The Morgan fingerprint density at radius 3 is 2.81 bits per heavy atom. The fourth-order valence-corrected chi connectivity index (χ4v) is 3.89. The molecule has 1 aromatic carbocycles. The maximum atomic E-state index is 13.5. The first-order valence-corrected chi connectivity index (χ1v) is 11.3. The number of nitrogens with zero attached hydrogens (tertiary/aromatic N) is 4. The molecule has 0 saturated heterocycles. The van der Waals surface area contributed by atoms with Crippen molar-refractivity contribution in [2.45, 2.75) is 25.0 Å². The smallest absolute Gasteiger partial charge is 0.330 e. The largest absolute Gasteiger partial charge is 0.383 e. The molecule has 0 aliphatic carbocycles. The molecule has 0 unspecified atom stereocenters. The Bertz CT molecular complexity index is 1220. The molecular weight excluding hydrogens is 432 g/mol. The molecule has 3 aromatic rings. The van der Waals surface area contributed by atoms with Gasteiger partial charge in [-0.1, -0.05) is 24.8 Å². The van der Waals surface area contributed by atoms with Crippen molar-refractivity contribution in [3.05, 3.63) is 63.1 Å². The highest BCUT2D eigenvalue weighted by Gasteiger charge is 2.25. The fourth-order valence-electron chi connectivity index (χ4n) is 3.36. The van der Waals surface area contributed by atoms with E-state index in [-0.39, 0.29) is 24.7 Å². The zero-order valence-corrected chi connectivity index (χ0v) is 19.0. The van der Waals surface area contributed by atoms with E-state index < -0.39 is 17.2 Å². The maximum Gasteiger partial charge on any atom is 0.330 e. The molecule has 11 heteroatoms. The van der Waals surface area contributed by atoms with E-state index in [4.69, 9.17) is 10.5 Å². The third kappa shape index (κ3) is 4.63. The van der Waals surface area contributed by atoms with Crippen molar-refractivity contribution in [1.82, 2.24) is 19.1 Å². The number of carbonyl (C=O) groups excluding carboxylic acids is 1. The zero-order valence-electron chi connectivity index (χ0n) is 18.2. The van der Waals surface area contributed by atoms with E-state index in [0.717, 1.165) is 10.8 Å². The minimum absolute atomic E-state index is 0.0551. The number of H-pyrrole nitrogens is 1. The molecule has 0 radical (unpaired) electrons. The average Bonchev–Trinajstić information content (AvgIpc) is 3.27. The number of thioether (sulfide) groups is 1. The molecule has 10 nitrogen and oxygen atoms in total. The van der Waals surface area contributed by atoms with Gasteiger partial charge in [0.2, 0.25) is 0 Å². The summed E-state index contributed by atoms with van der Waals surface area (Å²) in [6.45, 7) is 2.46. The molecule has 2 aromatic heterocycles. The Labute approximate surface area is 189 Å². The van der Waals surface area contributed by atoms with Gasteiger partial charge >= 0.3 is 5.69 Å². The molecule has 0 atom stereocenters. The molecular formula is C21H26N6O4S. The number of imidazole rings is 1. The number of amides is 1. The van der Waals surface area contributed by atoms with Crippen LogP contribution < -0.4 is 21.9 Å². The molecule has 32 heavy (non-hydrogen) atoms. The van der Waals surface area contributed by atoms with Crippen molar-refractivity contribution in [2.75, 3.05) is 37.2 Å². The molecule has 0 fully saturated rings. The van der Waals surface area contributed by atoms with Crippen LogP contribution in [0.2, 0.25) is 0 Å². The van der Waals surface area contributed by atoms with Crippen LogP contribution in [0, 0.1) is 0 Å². The summed E-state index contributed by atoms with van der Waals surface area (Å²) in [4.78, 5) is 46.2. The lowest BCUT2D eigenvalue weighted by molar-refractivity contribution is 0.0975. The second-order valence-corrected chi connectivity index (χ2v) is 7.70. The Morgan fingerprint density at radius 2 is 2.12 bits per heavy atom. The summed E-state index contributed by atoms with van der Waals surface area (Å²) in [5, 5.41) is 0.776. The predicted octanol–water partition coefficient (Wildman–Crippen LogP) is 1.73. The zero-order chi connectivity index (χ0) is 23.3. The molecule has 2 heterocycles. The Balaban J connectivity index is 2.09. The molecule has 0 saturated carbocycles. The number of aromatic amines is 1. The van der Waals surface area contributed by atoms with Crippen LogP contribution >= 0.6 is 11.8 Å². The number of hydrogen-bond acceptors (Lipinski definition) is 7. The molecule has 0 spiro atoms. The van der Waals surface area contributed by atoms with Crippen LogP contribution in [-0.2, 0) is 11.3 Å². The van der Waals surface area contributed by atoms with Crippen molar-refractivity contribution < 1.29 is 9.53 Å². The minimum atomic E-state index is -0.722. The van der Waals surface area contributed by atoms with Gasteiger partial charge in [-0.2, -0.15) is 0 Å². The van der Waals surface area contributed by atoms with E-state index >= 15 is 0 Å². The van der Waals surface area contributed by atoms with E-state index in [0.29, 0.717) is 18.5 Å². The minimum Gasteiger partial charge on any atom is -0.383 e. The first kappa shape index (κ1) is 23.4. The van der Waals surface area contributed by atoms with Crippen LogP contribution in [0.25, 0.3) is 5.69 Å². The second-order valence-electron chi connectivity index (χ2n) is 6.93. The van der Waals surface area contributed by atoms with E-state index in [1.165, 1.54) is 28.3 Å². The second kappa shape index (κ2) is 10.3. The molecule has 0 aliphatic rings. The van der Waals surface area contributed by atoms with Crippen molar-refractivity contribution in [3.8, 4) is 5.69 Å². The number of nitrogens with two attached hydrogens (primary N) is 1. The van der Waals surface area contributed by atoms with Gasteiger partial charge in [0.05, 0.1) is 6.61 Å². The highest BCUT2D eigenvalue weighted by Crippen LogP contribution is 2.22. The number of anilines is 2. The van der Waals surface area contributed by atoms with E-state index in [1.807, 2.05) is 23.8 Å². The van der Waals surface area contributed by atoms with Gasteiger partial charge in [-0.25, -0.2) is 9.78 Å². The molecule has 170 valence electrons. The summed E-state index contributed by atoms with van der Waals surface area (Å²) in [6, 6.07) is 7.00. The number of carbonyl (C=O) groups is 1. The average molecular weight is 459 g/mol. The van der Waals surface area contributed by atoms with E-state index in [9.17, 15) is 14.4 Å². The quantitative estimate of drug-likeness (QED) is 0.467. The fraction of sp³-hybridized carbons (Fsp3) is 0.333. The maximum absolute atomic E-state index is 13.5. The third-order valence-electron chi connectivity index (χ3n) is 4.86. The predicted molar refractivity (Wildman–Crippen MR) is 125 cm³/mol. The Kier molecular flexibility index (Phi) is 7.54. The third-order valence-corrected chi connectivity index (χ3v) is 5.52. The number of nitrogens with one attached hydrogen (secondary N) is 1. The number of rotatable bonds is 9. The Hall–Kier alpha value is -3.31. The first-order valence-electron chi connectivity index (χ1n) is 10.0. The summed E-state index contributed by atoms with van der Waals surface area (Å²) in [5.74, 6) is -0.492. The van der Waals surface area contributed by atoms with Crippen molar-refractivity contribution >= 4 is 29.2 Å². The van der Waals surface area contributed by atoms with Crippen LogP contribution in [0.3, 0.4) is 0 Å². The number of ether oxygens (including phenoxy) is 1. The molecule has 3 rings (SSSR count). The van der Waals surface area contributed by atoms with Gasteiger partial charge in [0.1, 0.15) is 5.82 Å². The van der Waals surface area contributed by atoms with Gasteiger partial charge in [-0.3, -0.25) is 28.6 Å². The molecule has 1 amide bonds. The van der Waals surface area contributed by atoms with Crippen LogP contribution in [-0.4, -0.2) is 51.5 Å². The topological polar surface area (TPSA) is 128 Å². The summed E-state index contributed by atoms with van der Waals surface area (Å²) in [6.07, 6.45) is 6.04. The summed E-state index contributed by atoms with van der Waals surface area (Å²) < 4.78 is 8.27. The van der Waals surface area contributed by atoms with Crippen LogP contribution in [0.15, 0.2) is 51.4 Å². The Morgan fingerprint density at radius 1 is 1.34 bits per heavy atom. The highest BCUT2D eigenvalue weighted by molar-refractivity contribution is 7.98. The normalized spacial score (nSPS) is 11.0. The monoisotopic (exact) mass is 458 g/mol. The summed E-state index contributed by atoms with van der Waals surface area (Å²) >= 11 is 1.48. The van der Waals surface area contributed by atoms with Crippen LogP contribution in [0.5, 0.6) is 0 Å². The van der Waals surface area contributed by atoms with Gasteiger partial charge in [-0.05, 0) is 30.9 Å². The van der Waals surface area contributed by atoms with Gasteiger partial charge in [0, 0.05) is 43.8 Å². The van der Waals surface area contributed by atoms with Crippen molar-refractivity contribution in [2.24, 2.45) is 0 Å². The lowest BCUT2D eigenvalue weighted by atomic mass is 10.1.